The largest absolute Gasteiger partial charge is 0.497 e. The average molecular weight is 245 g/mol. The van der Waals surface area contributed by atoms with Crippen molar-refractivity contribution in [3.05, 3.63) is 24.3 Å². The molecule has 1 aromatic rings. The minimum absolute atomic E-state index is 0.407. The van der Waals surface area contributed by atoms with E-state index in [4.69, 9.17) is 10.00 Å². The van der Waals surface area contributed by atoms with Crippen LogP contribution in [0.5, 0.6) is 5.75 Å². The number of ether oxygens (including phenoxy) is 1. The van der Waals surface area contributed by atoms with Crippen LogP contribution in [-0.4, -0.2) is 32.8 Å². The van der Waals surface area contributed by atoms with E-state index in [0.717, 1.165) is 31.7 Å². The van der Waals surface area contributed by atoms with Gasteiger partial charge in [0.1, 0.15) is 5.75 Å². The van der Waals surface area contributed by atoms with Crippen molar-refractivity contribution in [2.24, 2.45) is 0 Å². The first kappa shape index (κ1) is 12.7. The molecular formula is C14H19N3O. The van der Waals surface area contributed by atoms with Gasteiger partial charge in [0, 0.05) is 30.9 Å². The molecule has 1 atom stereocenters. The van der Waals surface area contributed by atoms with Crippen molar-refractivity contribution in [1.82, 2.24) is 5.32 Å². The molecule has 1 unspecified atom stereocenters. The van der Waals surface area contributed by atoms with Gasteiger partial charge in [0.25, 0.3) is 0 Å². The highest BCUT2D eigenvalue weighted by Gasteiger charge is 2.19. The lowest BCUT2D eigenvalue weighted by atomic mass is 10.0. The fraction of sp³-hybridized carbons (Fsp3) is 0.500. The summed E-state index contributed by atoms with van der Waals surface area (Å²) < 4.78 is 5.25. The second-order valence-corrected chi connectivity index (χ2v) is 4.53. The van der Waals surface area contributed by atoms with Crippen LogP contribution in [0.2, 0.25) is 0 Å². The lowest BCUT2D eigenvalue weighted by molar-refractivity contribution is 0.413. The SMILES string of the molecule is COc1cccc(N2CCCC(NCC#N)C2)c1. The fourth-order valence-electron chi connectivity index (χ4n) is 2.38. The highest BCUT2D eigenvalue weighted by Crippen LogP contribution is 2.24. The van der Waals surface area contributed by atoms with Crippen molar-refractivity contribution in [3.8, 4) is 11.8 Å². The number of rotatable bonds is 4. The van der Waals surface area contributed by atoms with Gasteiger partial charge in [-0.2, -0.15) is 5.26 Å². The molecule has 1 fully saturated rings. The Morgan fingerprint density at radius 2 is 2.44 bits per heavy atom. The molecule has 1 aliphatic rings. The predicted octanol–water partition coefficient (Wildman–Crippen LogP) is 1.78. The van der Waals surface area contributed by atoms with E-state index in [9.17, 15) is 0 Å². The molecule has 4 heteroatoms. The van der Waals surface area contributed by atoms with Crippen molar-refractivity contribution in [2.75, 3.05) is 31.6 Å². The van der Waals surface area contributed by atoms with Gasteiger partial charge >= 0.3 is 0 Å². The Balaban J connectivity index is 2.01. The summed E-state index contributed by atoms with van der Waals surface area (Å²) in [7, 11) is 1.69. The summed E-state index contributed by atoms with van der Waals surface area (Å²) in [5.41, 5.74) is 1.19. The molecule has 0 radical (unpaired) electrons. The first-order valence-electron chi connectivity index (χ1n) is 6.33. The first-order chi connectivity index (χ1) is 8.83. The van der Waals surface area contributed by atoms with Crippen LogP contribution in [0.3, 0.4) is 0 Å². The van der Waals surface area contributed by atoms with Gasteiger partial charge in [-0.05, 0) is 25.0 Å². The van der Waals surface area contributed by atoms with E-state index < -0.39 is 0 Å². The summed E-state index contributed by atoms with van der Waals surface area (Å²) in [5.74, 6) is 0.889. The number of hydrogen-bond donors (Lipinski definition) is 1. The van der Waals surface area contributed by atoms with Crippen molar-refractivity contribution in [2.45, 2.75) is 18.9 Å². The molecule has 0 spiro atoms. The van der Waals surface area contributed by atoms with Crippen molar-refractivity contribution in [1.29, 1.82) is 5.26 Å². The number of methoxy groups -OCH3 is 1. The Kier molecular flexibility index (Phi) is 4.43. The van der Waals surface area contributed by atoms with E-state index in [-0.39, 0.29) is 0 Å². The quantitative estimate of drug-likeness (QED) is 0.821. The Hall–Kier alpha value is -1.73. The number of hydrogen-bond acceptors (Lipinski definition) is 4. The highest BCUT2D eigenvalue weighted by atomic mass is 16.5. The van der Waals surface area contributed by atoms with Gasteiger partial charge in [-0.1, -0.05) is 6.07 Å². The van der Waals surface area contributed by atoms with Gasteiger partial charge in [-0.3, -0.25) is 5.32 Å². The highest BCUT2D eigenvalue weighted by molar-refractivity contribution is 5.51. The van der Waals surface area contributed by atoms with E-state index in [0.29, 0.717) is 12.6 Å². The van der Waals surface area contributed by atoms with Gasteiger partial charge in [0.05, 0.1) is 19.7 Å². The van der Waals surface area contributed by atoms with Crippen LogP contribution in [0.1, 0.15) is 12.8 Å². The maximum Gasteiger partial charge on any atom is 0.120 e. The summed E-state index contributed by atoms with van der Waals surface area (Å²) in [4.78, 5) is 2.35. The van der Waals surface area contributed by atoms with Crippen LogP contribution in [-0.2, 0) is 0 Å². The van der Waals surface area contributed by atoms with Crippen LogP contribution in [0.25, 0.3) is 0 Å². The molecule has 0 aromatic heterocycles. The predicted molar refractivity (Wildman–Crippen MR) is 71.8 cm³/mol. The monoisotopic (exact) mass is 245 g/mol. The Bertz CT molecular complexity index is 427. The molecule has 4 nitrogen and oxygen atoms in total. The molecule has 0 aliphatic carbocycles. The van der Waals surface area contributed by atoms with Gasteiger partial charge in [0.2, 0.25) is 0 Å². The van der Waals surface area contributed by atoms with Crippen LogP contribution < -0.4 is 15.0 Å². The van der Waals surface area contributed by atoms with Crippen molar-refractivity contribution in [3.63, 3.8) is 0 Å². The third-order valence-electron chi connectivity index (χ3n) is 3.31. The zero-order valence-corrected chi connectivity index (χ0v) is 10.7. The average Bonchev–Trinajstić information content (AvgIpc) is 2.45. The van der Waals surface area contributed by atoms with E-state index >= 15 is 0 Å². The van der Waals surface area contributed by atoms with E-state index in [1.807, 2.05) is 12.1 Å². The lowest BCUT2D eigenvalue weighted by Gasteiger charge is -2.34. The third kappa shape index (κ3) is 3.14. The molecule has 96 valence electrons. The zero-order valence-electron chi connectivity index (χ0n) is 10.7. The van der Waals surface area contributed by atoms with Crippen LogP contribution in [0.15, 0.2) is 24.3 Å². The molecule has 1 aromatic carbocycles. The van der Waals surface area contributed by atoms with Crippen LogP contribution >= 0.6 is 0 Å². The second-order valence-electron chi connectivity index (χ2n) is 4.53. The third-order valence-corrected chi connectivity index (χ3v) is 3.31. The summed E-state index contributed by atoms with van der Waals surface area (Å²) in [6, 6.07) is 10.7. The topological polar surface area (TPSA) is 48.3 Å². The number of piperidine rings is 1. The maximum atomic E-state index is 8.61. The Labute approximate surface area is 108 Å². The van der Waals surface area contributed by atoms with Crippen LogP contribution in [0, 0.1) is 11.3 Å². The Morgan fingerprint density at radius 1 is 1.56 bits per heavy atom. The molecule has 18 heavy (non-hydrogen) atoms. The Morgan fingerprint density at radius 3 is 3.22 bits per heavy atom. The number of nitrogens with one attached hydrogen (secondary N) is 1. The molecule has 1 saturated heterocycles. The van der Waals surface area contributed by atoms with Gasteiger partial charge < -0.3 is 9.64 Å². The van der Waals surface area contributed by atoms with Crippen molar-refractivity contribution < 1.29 is 4.74 Å². The first-order valence-corrected chi connectivity index (χ1v) is 6.33. The number of benzene rings is 1. The molecule has 1 heterocycles. The summed E-state index contributed by atoms with van der Waals surface area (Å²) in [6.07, 6.45) is 2.29. The minimum atomic E-state index is 0.407. The molecule has 0 amide bonds. The maximum absolute atomic E-state index is 8.61. The van der Waals surface area contributed by atoms with Crippen LogP contribution in [0.4, 0.5) is 5.69 Å². The van der Waals surface area contributed by atoms with Gasteiger partial charge in [-0.15, -0.1) is 0 Å². The fourth-order valence-corrected chi connectivity index (χ4v) is 2.38. The number of nitriles is 1. The molecule has 0 saturated carbocycles. The van der Waals surface area contributed by atoms with E-state index in [1.54, 1.807) is 7.11 Å². The summed E-state index contributed by atoms with van der Waals surface area (Å²) >= 11 is 0. The molecule has 1 aliphatic heterocycles. The lowest BCUT2D eigenvalue weighted by Crippen LogP contribution is -2.45. The minimum Gasteiger partial charge on any atom is -0.497 e. The second kappa shape index (κ2) is 6.27. The summed E-state index contributed by atoms with van der Waals surface area (Å²) in [6.45, 7) is 2.45. The zero-order chi connectivity index (χ0) is 12.8. The van der Waals surface area contributed by atoms with Gasteiger partial charge in [0.15, 0.2) is 0 Å². The van der Waals surface area contributed by atoms with E-state index in [2.05, 4.69) is 28.4 Å². The number of anilines is 1. The molecular weight excluding hydrogens is 226 g/mol. The standard InChI is InChI=1S/C14H19N3O/c1-18-14-6-2-5-13(10-14)17-9-3-4-12(11-17)16-8-7-15/h2,5-6,10,12,16H,3-4,8-9,11H2,1H3. The molecule has 1 N–H and O–H groups in total. The normalized spacial score (nSPS) is 19.3. The molecule has 2 rings (SSSR count). The van der Waals surface area contributed by atoms with Crippen molar-refractivity contribution >= 4 is 5.69 Å². The summed E-state index contributed by atoms with van der Waals surface area (Å²) in [5, 5.41) is 11.9. The number of nitrogens with zero attached hydrogens (tertiary/aromatic N) is 2. The molecule has 0 bridgehead atoms. The smallest absolute Gasteiger partial charge is 0.120 e. The van der Waals surface area contributed by atoms with E-state index in [1.165, 1.54) is 5.69 Å². The van der Waals surface area contributed by atoms with Gasteiger partial charge in [-0.25, -0.2) is 0 Å².